The molecule has 8 heteroatoms. The number of nitro benzene ring substituents is 1. The predicted octanol–water partition coefficient (Wildman–Crippen LogP) is 1.57. The van der Waals surface area contributed by atoms with E-state index in [1.807, 2.05) is 5.43 Å². The predicted molar refractivity (Wildman–Crippen MR) is 56.8 cm³/mol. The van der Waals surface area contributed by atoms with Crippen molar-refractivity contribution in [1.82, 2.24) is 5.43 Å². The molecular weight excluding hydrogens is 238 g/mol. The Bertz CT molecular complexity index is 424. The number of nitrogens with zero attached hydrogens (tertiary/aromatic N) is 2. The topological polar surface area (TPSA) is 98.3 Å². The summed E-state index contributed by atoms with van der Waals surface area (Å²) in [6.07, 6.45) is 0.189. The van der Waals surface area contributed by atoms with Crippen molar-refractivity contribution in [3.63, 3.8) is 0 Å². The molecule has 0 aliphatic heterocycles. The maximum absolute atomic E-state index is 10.7. The normalized spacial score (nSPS) is 9.81. The molecule has 0 aliphatic carbocycles. The zero-order valence-electron chi connectivity index (χ0n) is 8.05. The summed E-state index contributed by atoms with van der Waals surface area (Å²) in [7, 11) is 0. The third-order valence-corrected chi connectivity index (χ3v) is 2.11. The molecule has 1 aromatic carbocycles. The molecule has 1 aromatic rings. The number of hydrogen-bond donors (Lipinski definition) is 1. The minimum atomic E-state index is -0.693. The number of halogens is 1. The highest BCUT2D eigenvalue weighted by Gasteiger charge is 2.14. The molecular formula is C8H8ClN3O4. The zero-order valence-corrected chi connectivity index (χ0v) is 8.81. The van der Waals surface area contributed by atoms with E-state index < -0.39 is 9.96 Å². The van der Waals surface area contributed by atoms with E-state index in [9.17, 15) is 20.2 Å². The summed E-state index contributed by atoms with van der Waals surface area (Å²) in [4.78, 5) is 20.1. The highest BCUT2D eigenvalue weighted by molar-refractivity contribution is 6.30. The molecule has 0 aromatic heterocycles. The van der Waals surface area contributed by atoms with Crippen molar-refractivity contribution in [2.24, 2.45) is 0 Å². The third-order valence-electron chi connectivity index (χ3n) is 1.88. The SMILES string of the molecule is O=[N+]([O-])NCCc1ccc(Cl)cc1[N+](=O)[O-]. The monoisotopic (exact) mass is 245 g/mol. The first-order valence-corrected chi connectivity index (χ1v) is 4.69. The summed E-state index contributed by atoms with van der Waals surface area (Å²) in [5, 5.41) is 20.2. The first-order chi connectivity index (χ1) is 7.50. The van der Waals surface area contributed by atoms with E-state index in [0.717, 1.165) is 0 Å². The highest BCUT2D eigenvalue weighted by Crippen LogP contribution is 2.23. The molecule has 0 saturated carbocycles. The molecule has 0 radical (unpaired) electrons. The Morgan fingerprint density at radius 2 is 2.00 bits per heavy atom. The summed E-state index contributed by atoms with van der Waals surface area (Å²) < 4.78 is 0. The van der Waals surface area contributed by atoms with Gasteiger partial charge >= 0.3 is 0 Å². The van der Waals surface area contributed by atoms with Crippen molar-refractivity contribution in [3.05, 3.63) is 49.0 Å². The van der Waals surface area contributed by atoms with Gasteiger partial charge in [-0.1, -0.05) is 17.7 Å². The van der Waals surface area contributed by atoms with Gasteiger partial charge in [0.2, 0.25) is 0 Å². The second-order valence-corrected chi connectivity index (χ2v) is 3.38. The third kappa shape index (κ3) is 3.35. The molecule has 0 amide bonds. The quantitative estimate of drug-likeness (QED) is 0.627. The van der Waals surface area contributed by atoms with Crippen LogP contribution in [0.15, 0.2) is 18.2 Å². The van der Waals surface area contributed by atoms with Gasteiger partial charge in [0.05, 0.1) is 11.5 Å². The fraction of sp³-hybridized carbons (Fsp3) is 0.250. The van der Waals surface area contributed by atoms with Crippen LogP contribution in [0.4, 0.5) is 5.69 Å². The highest BCUT2D eigenvalue weighted by atomic mass is 35.5. The molecule has 0 spiro atoms. The molecule has 0 unspecified atom stereocenters. The molecule has 1 N–H and O–H groups in total. The first-order valence-electron chi connectivity index (χ1n) is 4.31. The van der Waals surface area contributed by atoms with Crippen molar-refractivity contribution in [1.29, 1.82) is 0 Å². The Balaban J connectivity index is 2.78. The van der Waals surface area contributed by atoms with Crippen molar-refractivity contribution in [2.45, 2.75) is 6.42 Å². The van der Waals surface area contributed by atoms with Crippen LogP contribution in [0.2, 0.25) is 5.02 Å². The van der Waals surface area contributed by atoms with E-state index in [2.05, 4.69) is 0 Å². The van der Waals surface area contributed by atoms with E-state index in [4.69, 9.17) is 11.6 Å². The first kappa shape index (κ1) is 12.2. The Kier molecular flexibility index (Phi) is 4.01. The molecule has 16 heavy (non-hydrogen) atoms. The standard InChI is InChI=1S/C8H8ClN3O4/c9-7-2-1-6(3-4-10-12(15)16)8(5-7)11(13)14/h1-2,5,10H,3-4H2. The zero-order chi connectivity index (χ0) is 12.1. The summed E-state index contributed by atoms with van der Waals surface area (Å²) in [6.45, 7) is 0.0233. The lowest BCUT2D eigenvalue weighted by Gasteiger charge is -2.02. The fourth-order valence-electron chi connectivity index (χ4n) is 1.20. The van der Waals surface area contributed by atoms with Gasteiger partial charge in [-0.3, -0.25) is 10.1 Å². The molecule has 0 saturated heterocycles. The lowest BCUT2D eigenvalue weighted by atomic mass is 10.1. The van der Waals surface area contributed by atoms with Gasteiger partial charge in [-0.15, -0.1) is 5.43 Å². The summed E-state index contributed by atoms with van der Waals surface area (Å²) in [5.74, 6) is 0. The molecule has 0 bridgehead atoms. The maximum Gasteiger partial charge on any atom is 0.274 e. The number of nitro groups is 2. The van der Waals surface area contributed by atoms with Crippen LogP contribution in [0.25, 0.3) is 0 Å². The van der Waals surface area contributed by atoms with Crippen molar-refractivity contribution in [3.8, 4) is 0 Å². The molecule has 86 valence electrons. The van der Waals surface area contributed by atoms with Gasteiger partial charge in [0, 0.05) is 23.1 Å². The molecule has 0 fully saturated rings. The Labute approximate surface area is 95.3 Å². The smallest absolute Gasteiger partial charge is 0.258 e. The van der Waals surface area contributed by atoms with Gasteiger partial charge in [0.1, 0.15) is 0 Å². The van der Waals surface area contributed by atoms with Crippen molar-refractivity contribution < 1.29 is 9.96 Å². The van der Waals surface area contributed by atoms with Crippen LogP contribution in [0.5, 0.6) is 0 Å². The minimum Gasteiger partial charge on any atom is -0.258 e. The minimum absolute atomic E-state index is 0.0233. The number of benzene rings is 1. The molecule has 7 nitrogen and oxygen atoms in total. The van der Waals surface area contributed by atoms with Crippen LogP contribution in [0, 0.1) is 20.2 Å². The van der Waals surface area contributed by atoms with E-state index in [0.29, 0.717) is 5.56 Å². The van der Waals surface area contributed by atoms with Gasteiger partial charge < -0.3 is 0 Å². The van der Waals surface area contributed by atoms with Crippen LogP contribution in [0.3, 0.4) is 0 Å². The van der Waals surface area contributed by atoms with Crippen LogP contribution < -0.4 is 5.43 Å². The number of rotatable bonds is 5. The molecule has 0 aliphatic rings. The Morgan fingerprint density at radius 3 is 2.56 bits per heavy atom. The largest absolute Gasteiger partial charge is 0.274 e. The van der Waals surface area contributed by atoms with Gasteiger partial charge in [-0.2, -0.15) is 0 Å². The van der Waals surface area contributed by atoms with E-state index in [1.165, 1.54) is 18.2 Å². The summed E-state index contributed by atoms with van der Waals surface area (Å²) >= 11 is 5.62. The summed E-state index contributed by atoms with van der Waals surface area (Å²) in [6, 6.07) is 4.22. The van der Waals surface area contributed by atoms with Crippen molar-refractivity contribution in [2.75, 3.05) is 6.54 Å². The van der Waals surface area contributed by atoms with E-state index in [1.54, 1.807) is 0 Å². The fourth-order valence-corrected chi connectivity index (χ4v) is 1.37. The number of hydrazine groups is 1. The maximum atomic E-state index is 10.7. The number of hydrogen-bond acceptors (Lipinski definition) is 4. The lowest BCUT2D eigenvalue weighted by Crippen LogP contribution is -2.24. The average Bonchev–Trinajstić information content (AvgIpc) is 2.19. The molecule has 0 heterocycles. The Hall–Kier alpha value is -1.89. The van der Waals surface area contributed by atoms with Gasteiger partial charge in [-0.25, -0.2) is 10.1 Å². The van der Waals surface area contributed by atoms with E-state index >= 15 is 0 Å². The second-order valence-electron chi connectivity index (χ2n) is 2.95. The summed E-state index contributed by atoms with van der Waals surface area (Å²) in [5.41, 5.74) is 2.22. The van der Waals surface area contributed by atoms with Gasteiger partial charge in [0.25, 0.3) is 5.69 Å². The average molecular weight is 246 g/mol. The lowest BCUT2D eigenvalue weighted by molar-refractivity contribution is -0.544. The number of nitrogens with one attached hydrogen (secondary N) is 1. The van der Waals surface area contributed by atoms with Crippen LogP contribution in [-0.2, 0) is 6.42 Å². The van der Waals surface area contributed by atoms with Gasteiger partial charge in [-0.05, 0) is 6.07 Å². The van der Waals surface area contributed by atoms with Crippen LogP contribution in [0.1, 0.15) is 5.56 Å². The van der Waals surface area contributed by atoms with Gasteiger partial charge in [0.15, 0.2) is 5.03 Å². The van der Waals surface area contributed by atoms with E-state index in [-0.39, 0.29) is 23.7 Å². The molecule has 0 atom stereocenters. The Morgan fingerprint density at radius 1 is 1.31 bits per heavy atom. The van der Waals surface area contributed by atoms with Crippen LogP contribution >= 0.6 is 11.6 Å². The second kappa shape index (κ2) is 5.26. The van der Waals surface area contributed by atoms with Crippen LogP contribution in [-0.4, -0.2) is 16.5 Å². The van der Waals surface area contributed by atoms with Crippen molar-refractivity contribution >= 4 is 17.3 Å². The molecule has 1 rings (SSSR count).